The fraction of sp³-hybridized carbons (Fsp3) is 0.115. The van der Waals surface area contributed by atoms with Crippen molar-refractivity contribution in [2.45, 2.75) is 13.0 Å². The van der Waals surface area contributed by atoms with Gasteiger partial charge in [0.1, 0.15) is 28.8 Å². The van der Waals surface area contributed by atoms with Gasteiger partial charge in [-0.3, -0.25) is 4.90 Å². The number of hydrogen-bond acceptors (Lipinski definition) is 8. The van der Waals surface area contributed by atoms with Gasteiger partial charge >= 0.3 is 6.09 Å². The lowest BCUT2D eigenvalue weighted by atomic mass is 10.1. The minimum Gasteiger partial charge on any atom is -0.452 e. The molecule has 3 heterocycles. The summed E-state index contributed by atoms with van der Waals surface area (Å²) in [5.74, 6) is -0.416. The van der Waals surface area contributed by atoms with Crippen LogP contribution in [-0.2, 0) is 17.7 Å². The second-order valence-corrected chi connectivity index (χ2v) is 8.31. The molecule has 0 saturated carbocycles. The van der Waals surface area contributed by atoms with Crippen LogP contribution in [0.4, 0.5) is 30.9 Å². The number of nitrogen functional groups attached to an aromatic ring is 2. The zero-order chi connectivity index (χ0) is 26.8. The summed E-state index contributed by atoms with van der Waals surface area (Å²) in [5, 5.41) is 4.35. The van der Waals surface area contributed by atoms with Gasteiger partial charge in [0, 0.05) is 12.6 Å². The molecule has 2 aromatic carbocycles. The van der Waals surface area contributed by atoms with E-state index in [1.54, 1.807) is 41.0 Å². The third-order valence-corrected chi connectivity index (χ3v) is 5.85. The number of imidazole rings is 1. The van der Waals surface area contributed by atoms with Crippen molar-refractivity contribution in [1.29, 1.82) is 0 Å². The first-order valence-corrected chi connectivity index (χ1v) is 11.4. The lowest BCUT2D eigenvalue weighted by molar-refractivity contribution is 0.178. The van der Waals surface area contributed by atoms with Crippen LogP contribution in [0.3, 0.4) is 0 Å². The van der Waals surface area contributed by atoms with E-state index in [-0.39, 0.29) is 41.9 Å². The predicted molar refractivity (Wildman–Crippen MR) is 137 cm³/mol. The van der Waals surface area contributed by atoms with Gasteiger partial charge in [-0.25, -0.2) is 33.0 Å². The molecule has 0 saturated heterocycles. The summed E-state index contributed by atoms with van der Waals surface area (Å²) >= 11 is 0. The SMILES string of the molecule is COC(=O)N(Cc1ccc(F)cc1)c1c(N)nc(-c2nc(Cc3ccccc3F)n3ncccc23)nc1N. The highest BCUT2D eigenvalue weighted by Gasteiger charge is 2.26. The number of anilines is 3. The van der Waals surface area contributed by atoms with Gasteiger partial charge in [0.2, 0.25) is 0 Å². The Hall–Kier alpha value is -5.13. The Balaban J connectivity index is 1.56. The van der Waals surface area contributed by atoms with Crippen molar-refractivity contribution in [3.05, 3.63) is 95.4 Å². The van der Waals surface area contributed by atoms with Crippen molar-refractivity contribution in [2.24, 2.45) is 0 Å². The summed E-state index contributed by atoms with van der Waals surface area (Å²) in [7, 11) is 1.21. The Bertz CT molecular complexity index is 1620. The molecule has 0 unspecified atom stereocenters. The molecule has 12 heteroatoms. The molecule has 0 bridgehead atoms. The lowest BCUT2D eigenvalue weighted by Gasteiger charge is -2.23. The monoisotopic (exact) mass is 516 g/mol. The molecule has 10 nitrogen and oxygen atoms in total. The number of hydrogen-bond donors (Lipinski definition) is 2. The number of benzene rings is 2. The fourth-order valence-corrected chi connectivity index (χ4v) is 4.07. The number of carbonyl (C=O) groups excluding carboxylic acids is 1. The number of rotatable bonds is 6. The fourth-order valence-electron chi connectivity index (χ4n) is 4.07. The number of ether oxygens (including phenoxy) is 1. The van der Waals surface area contributed by atoms with E-state index in [0.717, 1.165) is 4.90 Å². The van der Waals surface area contributed by atoms with Gasteiger partial charge < -0.3 is 16.2 Å². The molecule has 0 aliphatic rings. The minimum absolute atomic E-state index is 0.0197. The molecule has 4 N–H and O–H groups in total. The average Bonchev–Trinajstić information content (AvgIpc) is 3.28. The van der Waals surface area contributed by atoms with Crippen molar-refractivity contribution < 1.29 is 18.3 Å². The quantitative estimate of drug-likeness (QED) is 0.346. The molecule has 192 valence electrons. The van der Waals surface area contributed by atoms with Gasteiger partial charge in [0.25, 0.3) is 0 Å². The van der Waals surface area contributed by atoms with Crippen LogP contribution in [0.5, 0.6) is 0 Å². The first kappa shape index (κ1) is 24.6. The van der Waals surface area contributed by atoms with Crippen molar-refractivity contribution in [3.8, 4) is 11.5 Å². The summed E-state index contributed by atoms with van der Waals surface area (Å²) < 4.78 is 34.2. The number of fused-ring (bicyclic) bond motifs is 1. The smallest absolute Gasteiger partial charge is 0.414 e. The van der Waals surface area contributed by atoms with E-state index in [9.17, 15) is 13.6 Å². The van der Waals surface area contributed by atoms with E-state index in [2.05, 4.69) is 20.1 Å². The maximum absolute atomic E-state index is 14.3. The van der Waals surface area contributed by atoms with Crippen LogP contribution >= 0.6 is 0 Å². The molecule has 0 fully saturated rings. The number of nitrogens with zero attached hydrogens (tertiary/aromatic N) is 6. The van der Waals surface area contributed by atoms with Crippen molar-refractivity contribution in [1.82, 2.24) is 24.6 Å². The normalized spacial score (nSPS) is 11.0. The van der Waals surface area contributed by atoms with E-state index in [0.29, 0.717) is 28.2 Å². The van der Waals surface area contributed by atoms with Crippen molar-refractivity contribution >= 4 is 28.9 Å². The summed E-state index contributed by atoms with van der Waals surface area (Å²) in [6.07, 6.45) is 0.995. The van der Waals surface area contributed by atoms with Crippen LogP contribution in [0.15, 0.2) is 66.9 Å². The Morgan fingerprint density at radius 3 is 2.37 bits per heavy atom. The van der Waals surface area contributed by atoms with Gasteiger partial charge in [-0.1, -0.05) is 30.3 Å². The largest absolute Gasteiger partial charge is 0.452 e. The van der Waals surface area contributed by atoms with Crippen molar-refractivity contribution in [2.75, 3.05) is 23.5 Å². The van der Waals surface area contributed by atoms with Gasteiger partial charge in [0.15, 0.2) is 17.5 Å². The topological polar surface area (TPSA) is 138 Å². The molecule has 3 aromatic heterocycles. The Morgan fingerprint density at radius 2 is 1.68 bits per heavy atom. The van der Waals surface area contributed by atoms with E-state index in [4.69, 9.17) is 16.2 Å². The molecule has 0 spiro atoms. The van der Waals surface area contributed by atoms with Crippen molar-refractivity contribution in [3.63, 3.8) is 0 Å². The zero-order valence-electron chi connectivity index (χ0n) is 20.2. The molecular weight excluding hydrogens is 494 g/mol. The first-order chi connectivity index (χ1) is 18.4. The molecular formula is C26H22F2N8O2. The summed E-state index contributed by atoms with van der Waals surface area (Å²) in [4.78, 5) is 27.2. The van der Waals surface area contributed by atoms with Crippen LogP contribution in [0.2, 0.25) is 0 Å². The van der Waals surface area contributed by atoms with Gasteiger partial charge in [-0.05, 0) is 41.5 Å². The maximum atomic E-state index is 14.3. The highest BCUT2D eigenvalue weighted by Crippen LogP contribution is 2.33. The third kappa shape index (κ3) is 4.66. The average molecular weight is 517 g/mol. The summed E-state index contributed by atoms with van der Waals surface area (Å²) in [6.45, 7) is -0.0197. The Kier molecular flexibility index (Phi) is 6.52. The summed E-state index contributed by atoms with van der Waals surface area (Å²) in [5.41, 5.74) is 14.5. The Morgan fingerprint density at radius 1 is 0.974 bits per heavy atom. The minimum atomic E-state index is -0.757. The number of amides is 1. The molecule has 0 atom stereocenters. The van der Waals surface area contributed by atoms with Crippen LogP contribution in [0.1, 0.15) is 17.0 Å². The lowest BCUT2D eigenvalue weighted by Crippen LogP contribution is -2.32. The number of carbonyl (C=O) groups is 1. The predicted octanol–water partition coefficient (Wildman–Crippen LogP) is 3.99. The number of methoxy groups -OCH3 is 1. The standard InChI is InChI=1S/C26H22F2N8O2/c1-38-26(37)35(14-15-8-10-17(27)11-9-15)22-23(29)33-25(34-24(22)30)21-19-7-4-12-31-36(19)20(32-21)13-16-5-2-3-6-18(16)28/h2-12H,13-14H2,1H3,(H4,29,30,33,34). The second-order valence-electron chi connectivity index (χ2n) is 8.31. The second kappa shape index (κ2) is 10.1. The highest BCUT2D eigenvalue weighted by molar-refractivity contribution is 5.95. The van der Waals surface area contributed by atoms with Crippen LogP contribution in [0.25, 0.3) is 17.0 Å². The summed E-state index contributed by atoms with van der Waals surface area (Å²) in [6, 6.07) is 15.5. The molecule has 5 aromatic rings. The van der Waals surface area contributed by atoms with E-state index in [1.165, 1.54) is 37.4 Å². The van der Waals surface area contributed by atoms with E-state index < -0.39 is 11.9 Å². The van der Waals surface area contributed by atoms with Gasteiger partial charge in [-0.2, -0.15) is 5.10 Å². The maximum Gasteiger partial charge on any atom is 0.414 e. The molecule has 38 heavy (non-hydrogen) atoms. The molecule has 0 radical (unpaired) electrons. The number of halogens is 2. The highest BCUT2D eigenvalue weighted by atomic mass is 19.1. The molecule has 0 aliphatic carbocycles. The molecule has 5 rings (SSSR count). The van der Waals surface area contributed by atoms with E-state index in [1.807, 2.05) is 0 Å². The number of aromatic nitrogens is 5. The molecule has 0 aliphatic heterocycles. The van der Waals surface area contributed by atoms with Gasteiger partial charge in [-0.15, -0.1) is 0 Å². The zero-order valence-corrected chi connectivity index (χ0v) is 20.2. The van der Waals surface area contributed by atoms with Gasteiger partial charge in [0.05, 0.1) is 19.2 Å². The van der Waals surface area contributed by atoms with Crippen LogP contribution in [0, 0.1) is 11.6 Å². The first-order valence-electron chi connectivity index (χ1n) is 11.4. The third-order valence-electron chi connectivity index (χ3n) is 5.85. The van der Waals surface area contributed by atoms with Crippen LogP contribution < -0.4 is 16.4 Å². The Labute approximate surface area is 215 Å². The molecule has 1 amide bonds. The van der Waals surface area contributed by atoms with E-state index >= 15 is 0 Å². The van der Waals surface area contributed by atoms with Crippen LogP contribution in [-0.4, -0.2) is 37.8 Å². The number of nitrogens with two attached hydrogens (primary N) is 2.